The standard InChI is InChI=1S/C20H19N5O4S/c1-25-12-21-24-20(25)30-11-17(26)22-15-7-3-5-13(9-15)18(27)23-16-8-4-6-14(10-16)19(28)29-2/h3-10,12H,11H2,1-2H3,(H,22,26)(H,23,27). The summed E-state index contributed by atoms with van der Waals surface area (Å²) < 4.78 is 6.40. The molecule has 0 unspecified atom stereocenters. The topological polar surface area (TPSA) is 115 Å². The van der Waals surface area contributed by atoms with Gasteiger partial charge in [0.25, 0.3) is 5.91 Å². The number of anilines is 2. The number of amides is 2. The highest BCUT2D eigenvalue weighted by Crippen LogP contribution is 2.17. The number of carbonyl (C=O) groups is 3. The third kappa shape index (κ3) is 5.45. The Morgan fingerprint density at radius 1 is 1.03 bits per heavy atom. The number of carbonyl (C=O) groups excluding carboxylic acids is 3. The number of ether oxygens (including phenoxy) is 1. The molecule has 10 heteroatoms. The fourth-order valence-corrected chi connectivity index (χ4v) is 3.20. The summed E-state index contributed by atoms with van der Waals surface area (Å²) in [7, 11) is 3.09. The van der Waals surface area contributed by atoms with E-state index in [-0.39, 0.29) is 17.6 Å². The first-order valence-corrected chi connectivity index (χ1v) is 9.81. The highest BCUT2D eigenvalue weighted by Gasteiger charge is 2.12. The number of thioether (sulfide) groups is 1. The van der Waals surface area contributed by atoms with Crippen LogP contribution in [0.3, 0.4) is 0 Å². The average molecular weight is 425 g/mol. The molecule has 0 spiro atoms. The van der Waals surface area contributed by atoms with Gasteiger partial charge in [0, 0.05) is 24.0 Å². The Balaban J connectivity index is 1.61. The van der Waals surface area contributed by atoms with E-state index in [1.165, 1.54) is 24.9 Å². The van der Waals surface area contributed by atoms with Crippen molar-refractivity contribution in [3.63, 3.8) is 0 Å². The zero-order chi connectivity index (χ0) is 21.5. The highest BCUT2D eigenvalue weighted by atomic mass is 32.2. The molecule has 0 fully saturated rings. The number of aryl methyl sites for hydroxylation is 1. The van der Waals surface area contributed by atoms with Gasteiger partial charge in [0.2, 0.25) is 5.91 Å². The van der Waals surface area contributed by atoms with Gasteiger partial charge in [0.15, 0.2) is 5.16 Å². The lowest BCUT2D eigenvalue weighted by Crippen LogP contribution is -2.16. The second-order valence-electron chi connectivity index (χ2n) is 6.17. The van der Waals surface area contributed by atoms with Crippen LogP contribution >= 0.6 is 11.8 Å². The van der Waals surface area contributed by atoms with Gasteiger partial charge in [-0.25, -0.2) is 4.79 Å². The Morgan fingerprint density at radius 2 is 1.70 bits per heavy atom. The number of esters is 1. The second kappa shape index (κ2) is 9.70. The highest BCUT2D eigenvalue weighted by molar-refractivity contribution is 7.99. The third-order valence-electron chi connectivity index (χ3n) is 3.95. The van der Waals surface area contributed by atoms with Gasteiger partial charge in [-0.15, -0.1) is 10.2 Å². The van der Waals surface area contributed by atoms with Crippen LogP contribution in [0, 0.1) is 0 Å². The van der Waals surface area contributed by atoms with Crippen molar-refractivity contribution in [3.8, 4) is 0 Å². The predicted molar refractivity (Wildman–Crippen MR) is 113 cm³/mol. The van der Waals surface area contributed by atoms with E-state index in [2.05, 4.69) is 25.6 Å². The summed E-state index contributed by atoms with van der Waals surface area (Å²) in [5.74, 6) is -0.938. The molecule has 2 N–H and O–H groups in total. The number of methoxy groups -OCH3 is 1. The number of aromatic nitrogens is 3. The van der Waals surface area contributed by atoms with Crippen LogP contribution < -0.4 is 10.6 Å². The Morgan fingerprint density at radius 3 is 2.37 bits per heavy atom. The number of nitrogens with one attached hydrogen (secondary N) is 2. The SMILES string of the molecule is COC(=O)c1cccc(NC(=O)c2cccc(NC(=O)CSc3nncn3C)c2)c1. The molecular weight excluding hydrogens is 406 g/mol. The van der Waals surface area contributed by atoms with Crippen molar-refractivity contribution >= 4 is 40.9 Å². The van der Waals surface area contributed by atoms with Crippen LogP contribution in [0.5, 0.6) is 0 Å². The van der Waals surface area contributed by atoms with Crippen LogP contribution in [0.4, 0.5) is 11.4 Å². The van der Waals surface area contributed by atoms with Gasteiger partial charge in [-0.1, -0.05) is 23.9 Å². The Labute approximate surface area is 176 Å². The van der Waals surface area contributed by atoms with Crippen molar-refractivity contribution in [1.82, 2.24) is 14.8 Å². The van der Waals surface area contributed by atoms with Crippen LogP contribution in [-0.2, 0) is 16.6 Å². The van der Waals surface area contributed by atoms with Gasteiger partial charge in [0.05, 0.1) is 18.4 Å². The quantitative estimate of drug-likeness (QED) is 0.442. The first-order valence-electron chi connectivity index (χ1n) is 8.82. The molecule has 0 saturated carbocycles. The summed E-state index contributed by atoms with van der Waals surface area (Å²) in [6.07, 6.45) is 1.56. The number of nitrogens with zero attached hydrogens (tertiary/aromatic N) is 3. The molecule has 2 amide bonds. The summed E-state index contributed by atoms with van der Waals surface area (Å²) in [6, 6.07) is 13.0. The lowest BCUT2D eigenvalue weighted by molar-refractivity contribution is -0.113. The third-order valence-corrected chi connectivity index (χ3v) is 4.99. The lowest BCUT2D eigenvalue weighted by Gasteiger charge is -2.09. The normalized spacial score (nSPS) is 10.3. The van der Waals surface area contributed by atoms with Crippen LogP contribution in [0.25, 0.3) is 0 Å². The zero-order valence-corrected chi connectivity index (χ0v) is 17.1. The summed E-state index contributed by atoms with van der Waals surface area (Å²) in [4.78, 5) is 36.4. The van der Waals surface area contributed by atoms with Crippen molar-refractivity contribution in [2.24, 2.45) is 7.05 Å². The van der Waals surface area contributed by atoms with E-state index in [0.717, 1.165) is 0 Å². The van der Waals surface area contributed by atoms with E-state index in [1.807, 2.05) is 0 Å². The van der Waals surface area contributed by atoms with Crippen molar-refractivity contribution in [3.05, 3.63) is 66.0 Å². The molecule has 0 saturated heterocycles. The minimum absolute atomic E-state index is 0.156. The minimum Gasteiger partial charge on any atom is -0.465 e. The maximum absolute atomic E-state index is 12.6. The monoisotopic (exact) mass is 425 g/mol. The van der Waals surface area contributed by atoms with Gasteiger partial charge in [0.1, 0.15) is 6.33 Å². The Hall–Kier alpha value is -3.66. The van der Waals surface area contributed by atoms with Crippen LogP contribution in [0.1, 0.15) is 20.7 Å². The first kappa shape index (κ1) is 21.1. The van der Waals surface area contributed by atoms with E-state index < -0.39 is 5.97 Å². The van der Waals surface area contributed by atoms with E-state index in [1.54, 1.807) is 60.4 Å². The molecule has 9 nitrogen and oxygen atoms in total. The van der Waals surface area contributed by atoms with Crippen LogP contribution in [-0.4, -0.2) is 45.4 Å². The smallest absolute Gasteiger partial charge is 0.337 e. The molecule has 1 heterocycles. The summed E-state index contributed by atoms with van der Waals surface area (Å²) in [6.45, 7) is 0. The predicted octanol–water partition coefficient (Wildman–Crippen LogP) is 2.58. The molecule has 0 atom stereocenters. The average Bonchev–Trinajstić information content (AvgIpc) is 3.16. The minimum atomic E-state index is -0.491. The molecule has 154 valence electrons. The summed E-state index contributed by atoms with van der Waals surface area (Å²) in [5.41, 5.74) is 1.64. The number of rotatable bonds is 7. The molecule has 0 radical (unpaired) electrons. The van der Waals surface area contributed by atoms with Crippen LogP contribution in [0.15, 0.2) is 60.0 Å². The Bertz CT molecular complexity index is 1080. The number of hydrogen-bond acceptors (Lipinski definition) is 7. The van der Waals surface area contributed by atoms with E-state index in [4.69, 9.17) is 0 Å². The fraction of sp³-hybridized carbons (Fsp3) is 0.150. The first-order chi connectivity index (χ1) is 14.5. The second-order valence-corrected chi connectivity index (χ2v) is 7.11. The largest absolute Gasteiger partial charge is 0.465 e. The summed E-state index contributed by atoms with van der Waals surface area (Å²) >= 11 is 1.26. The number of hydrogen-bond donors (Lipinski definition) is 2. The van der Waals surface area contributed by atoms with Gasteiger partial charge in [-0.05, 0) is 36.4 Å². The molecule has 1 aromatic heterocycles. The van der Waals surface area contributed by atoms with Gasteiger partial charge in [-0.3, -0.25) is 9.59 Å². The Kier molecular flexibility index (Phi) is 6.81. The van der Waals surface area contributed by atoms with Crippen molar-refractivity contribution < 1.29 is 19.1 Å². The molecule has 30 heavy (non-hydrogen) atoms. The number of benzene rings is 2. The molecule has 0 aliphatic heterocycles. The maximum Gasteiger partial charge on any atom is 0.337 e. The van der Waals surface area contributed by atoms with Crippen molar-refractivity contribution in [2.45, 2.75) is 5.16 Å². The van der Waals surface area contributed by atoms with E-state index in [9.17, 15) is 14.4 Å². The van der Waals surface area contributed by atoms with E-state index in [0.29, 0.717) is 27.7 Å². The molecule has 0 aliphatic rings. The van der Waals surface area contributed by atoms with Crippen molar-refractivity contribution in [1.29, 1.82) is 0 Å². The maximum atomic E-state index is 12.6. The molecule has 2 aromatic carbocycles. The molecular formula is C20H19N5O4S. The molecule has 0 bridgehead atoms. The van der Waals surface area contributed by atoms with Crippen LogP contribution in [0.2, 0.25) is 0 Å². The van der Waals surface area contributed by atoms with Gasteiger partial charge < -0.3 is 19.9 Å². The fourth-order valence-electron chi connectivity index (χ4n) is 2.51. The van der Waals surface area contributed by atoms with Gasteiger partial charge in [-0.2, -0.15) is 0 Å². The van der Waals surface area contributed by atoms with Gasteiger partial charge >= 0.3 is 5.97 Å². The molecule has 3 rings (SSSR count). The zero-order valence-electron chi connectivity index (χ0n) is 16.3. The van der Waals surface area contributed by atoms with Crippen molar-refractivity contribution in [2.75, 3.05) is 23.5 Å². The summed E-state index contributed by atoms with van der Waals surface area (Å²) in [5, 5.41) is 13.8. The molecule has 0 aliphatic carbocycles. The van der Waals surface area contributed by atoms with E-state index >= 15 is 0 Å². The lowest BCUT2D eigenvalue weighted by atomic mass is 10.1. The molecule has 3 aromatic rings.